The molecule has 0 amide bonds. The summed E-state index contributed by atoms with van der Waals surface area (Å²) < 4.78 is 0. The Morgan fingerprint density at radius 3 is 2.40 bits per heavy atom. The number of hydrogen-bond donors (Lipinski definition) is 1. The van der Waals surface area contributed by atoms with Crippen LogP contribution in [0, 0.1) is 34.5 Å². The van der Waals surface area contributed by atoms with E-state index in [1.165, 1.54) is 64.2 Å². The van der Waals surface area contributed by atoms with Gasteiger partial charge >= 0.3 is 0 Å². The molecule has 2 N–H and O–H groups in total. The van der Waals surface area contributed by atoms with Crippen LogP contribution < -0.4 is 5.73 Å². The molecule has 0 radical (unpaired) electrons. The molecule has 0 unspecified atom stereocenters. The Morgan fingerprint density at radius 1 is 0.750 bits per heavy atom. The molecule has 4 aliphatic carbocycles. The number of fused-ring (bicyclic) bond motifs is 5. The second-order valence-electron chi connectivity index (χ2n) is 9.13. The molecule has 0 saturated heterocycles. The summed E-state index contributed by atoms with van der Waals surface area (Å²) in [5, 5.41) is 0. The van der Waals surface area contributed by atoms with Crippen molar-refractivity contribution in [2.75, 3.05) is 0 Å². The lowest BCUT2D eigenvalue weighted by molar-refractivity contribution is -0.105. The normalized spacial score (nSPS) is 58.6. The number of hydrogen-bond acceptors (Lipinski definition) is 1. The quantitative estimate of drug-likeness (QED) is 0.678. The SMILES string of the molecule is C[C@]12CCCC[C@H]1CC[C@H]1[C@H]2CC[C@]2(C)[C@H](N)CC[C@@H]12. The van der Waals surface area contributed by atoms with Crippen LogP contribution in [0.15, 0.2) is 0 Å². The van der Waals surface area contributed by atoms with E-state index in [9.17, 15) is 0 Å². The Kier molecular flexibility index (Phi) is 3.05. The maximum Gasteiger partial charge on any atom is 0.00957 e. The van der Waals surface area contributed by atoms with E-state index < -0.39 is 0 Å². The molecule has 0 heterocycles. The fourth-order valence-corrected chi connectivity index (χ4v) is 7.34. The molecule has 0 aromatic carbocycles. The molecule has 20 heavy (non-hydrogen) atoms. The minimum Gasteiger partial charge on any atom is -0.327 e. The van der Waals surface area contributed by atoms with E-state index in [2.05, 4.69) is 13.8 Å². The second-order valence-corrected chi connectivity index (χ2v) is 9.13. The standard InChI is InChI=1S/C19H33N/c1-18-11-4-3-5-13(18)6-7-14-15-8-9-17(20)19(15,2)12-10-16(14)18/h13-17H,3-12,20H2,1-2H3/t13-,14+,15-,16+,17+,18-,19-/m0/s1. The van der Waals surface area contributed by atoms with Crippen molar-refractivity contribution in [2.45, 2.75) is 84.1 Å². The van der Waals surface area contributed by atoms with Gasteiger partial charge in [-0.05, 0) is 85.9 Å². The topological polar surface area (TPSA) is 26.0 Å². The van der Waals surface area contributed by atoms with Gasteiger partial charge in [0.2, 0.25) is 0 Å². The van der Waals surface area contributed by atoms with Crippen molar-refractivity contribution >= 4 is 0 Å². The third-order valence-corrected chi connectivity index (χ3v) is 8.66. The molecular formula is C19H33N. The van der Waals surface area contributed by atoms with Crippen molar-refractivity contribution in [1.82, 2.24) is 0 Å². The Morgan fingerprint density at radius 2 is 1.55 bits per heavy atom. The Hall–Kier alpha value is -0.0400. The predicted molar refractivity (Wildman–Crippen MR) is 84.3 cm³/mol. The highest BCUT2D eigenvalue weighted by atomic mass is 14.8. The largest absolute Gasteiger partial charge is 0.327 e. The third-order valence-electron chi connectivity index (χ3n) is 8.66. The van der Waals surface area contributed by atoms with Gasteiger partial charge in [-0.1, -0.05) is 26.7 Å². The Labute approximate surface area is 125 Å². The van der Waals surface area contributed by atoms with Crippen LogP contribution in [0.2, 0.25) is 0 Å². The van der Waals surface area contributed by atoms with Crippen LogP contribution in [-0.2, 0) is 0 Å². The van der Waals surface area contributed by atoms with Gasteiger partial charge in [0.1, 0.15) is 0 Å². The van der Waals surface area contributed by atoms with Crippen molar-refractivity contribution < 1.29 is 0 Å². The van der Waals surface area contributed by atoms with Crippen molar-refractivity contribution in [1.29, 1.82) is 0 Å². The minimum atomic E-state index is 0.485. The highest BCUT2D eigenvalue weighted by Crippen LogP contribution is 2.65. The molecular weight excluding hydrogens is 242 g/mol. The van der Waals surface area contributed by atoms with Crippen molar-refractivity contribution in [3.8, 4) is 0 Å². The van der Waals surface area contributed by atoms with Gasteiger partial charge in [-0.15, -0.1) is 0 Å². The van der Waals surface area contributed by atoms with Gasteiger partial charge in [-0.2, -0.15) is 0 Å². The van der Waals surface area contributed by atoms with Gasteiger partial charge in [0.25, 0.3) is 0 Å². The van der Waals surface area contributed by atoms with Crippen LogP contribution >= 0.6 is 0 Å². The summed E-state index contributed by atoms with van der Waals surface area (Å²) in [6.07, 6.45) is 14.7. The molecule has 1 nitrogen and oxygen atoms in total. The smallest absolute Gasteiger partial charge is 0.00957 e. The predicted octanol–water partition coefficient (Wildman–Crippen LogP) is 4.75. The summed E-state index contributed by atoms with van der Waals surface area (Å²) in [6, 6.07) is 0.491. The first-order valence-electron chi connectivity index (χ1n) is 9.31. The molecule has 0 spiro atoms. The molecule has 1 heteroatoms. The summed E-state index contributed by atoms with van der Waals surface area (Å²) in [7, 11) is 0. The molecule has 0 aromatic heterocycles. The lowest BCUT2D eigenvalue weighted by Crippen LogP contribution is -2.54. The summed E-state index contributed by atoms with van der Waals surface area (Å²) in [4.78, 5) is 0. The van der Waals surface area contributed by atoms with E-state index in [4.69, 9.17) is 5.73 Å². The maximum atomic E-state index is 6.51. The lowest BCUT2D eigenvalue weighted by Gasteiger charge is -2.60. The van der Waals surface area contributed by atoms with Crippen LogP contribution in [0.25, 0.3) is 0 Å². The van der Waals surface area contributed by atoms with Gasteiger partial charge in [0, 0.05) is 6.04 Å². The second kappa shape index (κ2) is 4.48. The van der Waals surface area contributed by atoms with Gasteiger partial charge in [0.05, 0.1) is 0 Å². The zero-order valence-corrected chi connectivity index (χ0v) is 13.5. The Bertz CT molecular complexity index is 391. The van der Waals surface area contributed by atoms with Crippen molar-refractivity contribution in [3.63, 3.8) is 0 Å². The van der Waals surface area contributed by atoms with Crippen LogP contribution in [0.5, 0.6) is 0 Å². The zero-order valence-electron chi connectivity index (χ0n) is 13.5. The molecule has 4 rings (SSSR count). The van der Waals surface area contributed by atoms with E-state index in [-0.39, 0.29) is 0 Å². The molecule has 0 aliphatic heterocycles. The molecule has 0 bridgehead atoms. The third kappa shape index (κ3) is 1.65. The monoisotopic (exact) mass is 275 g/mol. The van der Waals surface area contributed by atoms with Crippen LogP contribution in [-0.4, -0.2) is 6.04 Å². The molecule has 4 saturated carbocycles. The van der Waals surface area contributed by atoms with Crippen molar-refractivity contribution in [2.24, 2.45) is 40.2 Å². The van der Waals surface area contributed by atoms with Gasteiger partial charge in [-0.25, -0.2) is 0 Å². The number of nitrogens with two attached hydrogens (primary N) is 1. The van der Waals surface area contributed by atoms with E-state index in [0.717, 1.165) is 23.7 Å². The van der Waals surface area contributed by atoms with Gasteiger partial charge < -0.3 is 5.73 Å². The fourth-order valence-electron chi connectivity index (χ4n) is 7.34. The molecule has 7 atom stereocenters. The van der Waals surface area contributed by atoms with E-state index in [1.54, 1.807) is 0 Å². The summed E-state index contributed by atoms with van der Waals surface area (Å²) in [5.41, 5.74) is 7.69. The van der Waals surface area contributed by atoms with E-state index in [0.29, 0.717) is 16.9 Å². The van der Waals surface area contributed by atoms with Gasteiger partial charge in [0.15, 0.2) is 0 Å². The average Bonchev–Trinajstić information content (AvgIpc) is 2.74. The first-order valence-corrected chi connectivity index (χ1v) is 9.31. The number of rotatable bonds is 0. The van der Waals surface area contributed by atoms with Gasteiger partial charge in [-0.3, -0.25) is 0 Å². The maximum absolute atomic E-state index is 6.51. The van der Waals surface area contributed by atoms with Crippen LogP contribution in [0.4, 0.5) is 0 Å². The summed E-state index contributed by atoms with van der Waals surface area (Å²) in [5.74, 6) is 4.06. The fraction of sp³-hybridized carbons (Fsp3) is 1.00. The van der Waals surface area contributed by atoms with E-state index >= 15 is 0 Å². The lowest BCUT2D eigenvalue weighted by atomic mass is 9.45. The molecule has 4 aliphatic rings. The molecule has 114 valence electrons. The summed E-state index contributed by atoms with van der Waals surface area (Å²) in [6.45, 7) is 5.20. The van der Waals surface area contributed by atoms with Crippen molar-refractivity contribution in [3.05, 3.63) is 0 Å². The Balaban J connectivity index is 1.64. The molecule has 4 fully saturated rings. The van der Waals surface area contributed by atoms with Crippen LogP contribution in [0.3, 0.4) is 0 Å². The van der Waals surface area contributed by atoms with E-state index in [1.807, 2.05) is 0 Å². The van der Waals surface area contributed by atoms with Crippen LogP contribution in [0.1, 0.15) is 78.1 Å². The average molecular weight is 275 g/mol. The zero-order chi connectivity index (χ0) is 14.0. The summed E-state index contributed by atoms with van der Waals surface area (Å²) >= 11 is 0. The highest BCUT2D eigenvalue weighted by Gasteiger charge is 2.58. The minimum absolute atomic E-state index is 0.485. The molecule has 0 aromatic rings. The highest BCUT2D eigenvalue weighted by molar-refractivity contribution is 5.09. The first kappa shape index (κ1) is 13.6. The first-order chi connectivity index (χ1) is 9.56.